The maximum Gasteiger partial charge on any atom is 0.338 e. The molecule has 7 heteroatoms. The van der Waals surface area contributed by atoms with E-state index < -0.39 is 5.97 Å². The van der Waals surface area contributed by atoms with E-state index in [1.54, 1.807) is 25.1 Å². The standard InChI is InChI=1S/C27H25N3O4/c1-3-34-27(33)20-11-14-22-23(15-20)30-26(32)24(22)25(19-7-5-4-6-8-19)29-21-12-9-18(10-13-21)16-28-17(2)31/h4-15,29H,3,16H2,1-2H3,(H,28,31)(H,30,32)/b25-24-. The Hall–Kier alpha value is -4.39. The SMILES string of the molecule is CCOC(=O)c1ccc2c(c1)NC(=O)/C2=C(\Nc1ccc(CNC(C)=O)cc1)c1ccccc1. The molecule has 0 spiro atoms. The molecule has 1 aliphatic heterocycles. The molecular weight excluding hydrogens is 430 g/mol. The molecule has 3 aromatic carbocycles. The van der Waals surface area contributed by atoms with E-state index in [4.69, 9.17) is 4.74 Å². The first-order valence-electron chi connectivity index (χ1n) is 11.0. The molecule has 1 aliphatic rings. The predicted molar refractivity (Wildman–Crippen MR) is 132 cm³/mol. The van der Waals surface area contributed by atoms with Gasteiger partial charge in [-0.25, -0.2) is 4.79 Å². The van der Waals surface area contributed by atoms with Gasteiger partial charge >= 0.3 is 5.97 Å². The Labute approximate surface area is 197 Å². The molecule has 0 saturated carbocycles. The van der Waals surface area contributed by atoms with Crippen LogP contribution in [0.5, 0.6) is 0 Å². The van der Waals surface area contributed by atoms with Crippen molar-refractivity contribution in [3.05, 3.63) is 95.1 Å². The number of amides is 2. The van der Waals surface area contributed by atoms with Gasteiger partial charge in [-0.2, -0.15) is 0 Å². The summed E-state index contributed by atoms with van der Waals surface area (Å²) in [5, 5.41) is 9.05. The predicted octanol–water partition coefficient (Wildman–Crippen LogP) is 4.43. The van der Waals surface area contributed by atoms with Gasteiger partial charge < -0.3 is 20.7 Å². The van der Waals surface area contributed by atoms with Crippen LogP contribution >= 0.6 is 0 Å². The summed E-state index contributed by atoms with van der Waals surface area (Å²) >= 11 is 0. The van der Waals surface area contributed by atoms with Crippen molar-refractivity contribution in [2.75, 3.05) is 17.2 Å². The molecule has 0 unspecified atom stereocenters. The fraction of sp³-hybridized carbons (Fsp3) is 0.148. The number of rotatable bonds is 7. The number of hydrogen-bond acceptors (Lipinski definition) is 5. The first kappa shape index (κ1) is 22.8. The highest BCUT2D eigenvalue weighted by atomic mass is 16.5. The number of carbonyl (C=O) groups is 3. The highest BCUT2D eigenvalue weighted by molar-refractivity contribution is 6.37. The average molecular weight is 456 g/mol. The van der Waals surface area contributed by atoms with E-state index in [1.807, 2.05) is 54.6 Å². The molecule has 0 bridgehead atoms. The topological polar surface area (TPSA) is 96.5 Å². The van der Waals surface area contributed by atoms with E-state index in [-0.39, 0.29) is 18.4 Å². The van der Waals surface area contributed by atoms with Gasteiger partial charge in [-0.15, -0.1) is 0 Å². The zero-order valence-electron chi connectivity index (χ0n) is 19.0. The highest BCUT2D eigenvalue weighted by Gasteiger charge is 2.29. The summed E-state index contributed by atoms with van der Waals surface area (Å²) in [4.78, 5) is 36.4. The molecule has 7 nitrogen and oxygen atoms in total. The molecular formula is C27H25N3O4. The summed E-state index contributed by atoms with van der Waals surface area (Å²) in [6.45, 7) is 3.95. The van der Waals surface area contributed by atoms with Crippen molar-refractivity contribution < 1.29 is 19.1 Å². The third kappa shape index (κ3) is 4.99. The smallest absolute Gasteiger partial charge is 0.338 e. The van der Waals surface area contributed by atoms with Crippen LogP contribution in [0.1, 0.15) is 40.9 Å². The molecule has 34 heavy (non-hydrogen) atoms. The van der Waals surface area contributed by atoms with Crippen molar-refractivity contribution in [2.24, 2.45) is 0 Å². The second-order valence-electron chi connectivity index (χ2n) is 7.78. The number of esters is 1. The van der Waals surface area contributed by atoms with Gasteiger partial charge in [-0.3, -0.25) is 9.59 Å². The van der Waals surface area contributed by atoms with Crippen LogP contribution in [0.2, 0.25) is 0 Å². The van der Waals surface area contributed by atoms with E-state index >= 15 is 0 Å². The monoisotopic (exact) mass is 455 g/mol. The Morgan fingerprint density at radius 2 is 1.68 bits per heavy atom. The van der Waals surface area contributed by atoms with Crippen molar-refractivity contribution in [1.29, 1.82) is 0 Å². The fourth-order valence-corrected chi connectivity index (χ4v) is 3.72. The van der Waals surface area contributed by atoms with Crippen LogP contribution in [0.15, 0.2) is 72.8 Å². The van der Waals surface area contributed by atoms with Crippen LogP contribution in [0.3, 0.4) is 0 Å². The highest BCUT2D eigenvalue weighted by Crippen LogP contribution is 2.38. The molecule has 0 fully saturated rings. The lowest BCUT2D eigenvalue weighted by Gasteiger charge is -2.15. The van der Waals surface area contributed by atoms with Crippen molar-refractivity contribution in [3.8, 4) is 0 Å². The van der Waals surface area contributed by atoms with E-state index in [0.29, 0.717) is 34.6 Å². The number of ether oxygens (including phenoxy) is 1. The van der Waals surface area contributed by atoms with Gasteiger partial charge in [0.1, 0.15) is 0 Å². The number of anilines is 2. The molecule has 0 radical (unpaired) electrons. The van der Waals surface area contributed by atoms with Crippen LogP contribution in [0, 0.1) is 0 Å². The Kier molecular flexibility index (Phi) is 6.73. The molecule has 2 amide bonds. The maximum atomic E-state index is 13.1. The van der Waals surface area contributed by atoms with Crippen molar-refractivity contribution >= 4 is 40.4 Å². The Morgan fingerprint density at radius 1 is 0.941 bits per heavy atom. The van der Waals surface area contributed by atoms with E-state index in [1.165, 1.54) is 6.92 Å². The number of benzene rings is 3. The number of nitrogens with one attached hydrogen (secondary N) is 3. The lowest BCUT2D eigenvalue weighted by atomic mass is 9.99. The van der Waals surface area contributed by atoms with Gasteiger partial charge in [0, 0.05) is 24.7 Å². The van der Waals surface area contributed by atoms with Crippen molar-refractivity contribution in [1.82, 2.24) is 5.32 Å². The van der Waals surface area contributed by atoms with Gasteiger partial charge in [0.2, 0.25) is 5.91 Å². The average Bonchev–Trinajstić information content (AvgIpc) is 3.17. The van der Waals surface area contributed by atoms with Gasteiger partial charge in [-0.05, 0) is 42.3 Å². The van der Waals surface area contributed by atoms with E-state index in [0.717, 1.165) is 16.8 Å². The summed E-state index contributed by atoms with van der Waals surface area (Å²) in [5.74, 6) is -0.780. The number of fused-ring (bicyclic) bond motifs is 1. The summed E-state index contributed by atoms with van der Waals surface area (Å²) in [6, 6.07) is 22.3. The normalized spacial score (nSPS) is 13.5. The molecule has 4 rings (SSSR count). The molecule has 3 N–H and O–H groups in total. The maximum absolute atomic E-state index is 13.1. The van der Waals surface area contributed by atoms with Crippen LogP contribution in [0.25, 0.3) is 11.3 Å². The Morgan fingerprint density at radius 3 is 2.35 bits per heavy atom. The summed E-state index contributed by atoms with van der Waals surface area (Å²) in [5.41, 5.74) is 5.38. The molecule has 0 saturated heterocycles. The second kappa shape index (κ2) is 10.0. The van der Waals surface area contributed by atoms with Gasteiger partial charge in [0.25, 0.3) is 5.91 Å². The second-order valence-corrected chi connectivity index (χ2v) is 7.78. The summed E-state index contributed by atoms with van der Waals surface area (Å²) in [7, 11) is 0. The minimum atomic E-state index is -0.433. The quantitative estimate of drug-likeness (QED) is 0.362. The Balaban J connectivity index is 1.72. The minimum Gasteiger partial charge on any atom is -0.462 e. The van der Waals surface area contributed by atoms with Crippen LogP contribution in [0.4, 0.5) is 11.4 Å². The first-order chi connectivity index (χ1) is 16.5. The van der Waals surface area contributed by atoms with Crippen molar-refractivity contribution in [3.63, 3.8) is 0 Å². The lowest BCUT2D eigenvalue weighted by Crippen LogP contribution is -2.18. The van der Waals surface area contributed by atoms with Gasteiger partial charge in [0.05, 0.1) is 29.1 Å². The largest absolute Gasteiger partial charge is 0.462 e. The summed E-state index contributed by atoms with van der Waals surface area (Å²) in [6.07, 6.45) is 0. The van der Waals surface area contributed by atoms with E-state index in [2.05, 4.69) is 16.0 Å². The third-order valence-corrected chi connectivity index (χ3v) is 5.35. The first-order valence-corrected chi connectivity index (χ1v) is 11.0. The lowest BCUT2D eigenvalue weighted by molar-refractivity contribution is -0.119. The van der Waals surface area contributed by atoms with Gasteiger partial charge in [-0.1, -0.05) is 48.5 Å². The zero-order valence-corrected chi connectivity index (χ0v) is 19.0. The fourth-order valence-electron chi connectivity index (χ4n) is 3.72. The molecule has 1 heterocycles. The van der Waals surface area contributed by atoms with Crippen molar-refractivity contribution in [2.45, 2.75) is 20.4 Å². The zero-order chi connectivity index (χ0) is 24.1. The minimum absolute atomic E-state index is 0.0877. The number of hydrogen-bond donors (Lipinski definition) is 3. The molecule has 0 atom stereocenters. The summed E-state index contributed by atoms with van der Waals surface area (Å²) < 4.78 is 5.08. The van der Waals surface area contributed by atoms with E-state index in [9.17, 15) is 14.4 Å². The molecule has 0 aromatic heterocycles. The van der Waals surface area contributed by atoms with Crippen LogP contribution < -0.4 is 16.0 Å². The molecule has 3 aromatic rings. The van der Waals surface area contributed by atoms with Crippen LogP contribution in [-0.2, 0) is 20.9 Å². The molecule has 0 aliphatic carbocycles. The third-order valence-electron chi connectivity index (χ3n) is 5.35. The Bertz CT molecular complexity index is 1260. The number of carbonyl (C=O) groups excluding carboxylic acids is 3. The van der Waals surface area contributed by atoms with Crippen LogP contribution in [-0.4, -0.2) is 24.4 Å². The van der Waals surface area contributed by atoms with Gasteiger partial charge in [0.15, 0.2) is 0 Å². The molecule has 172 valence electrons.